The van der Waals surface area contributed by atoms with Gasteiger partial charge >= 0.3 is 0 Å². The summed E-state index contributed by atoms with van der Waals surface area (Å²) in [5, 5.41) is 3.94. The monoisotopic (exact) mass is 325 g/mol. The van der Waals surface area contributed by atoms with Crippen molar-refractivity contribution in [3.8, 4) is 0 Å². The van der Waals surface area contributed by atoms with Crippen LogP contribution in [0.3, 0.4) is 0 Å². The molecule has 2 aromatic carbocycles. The second kappa shape index (κ2) is 7.26. The van der Waals surface area contributed by atoms with Crippen LogP contribution in [0.5, 0.6) is 0 Å². The standard InChI is InChI=1S/C17H18Cl2FN/c1-11(13-6-4-3-5-7-13)10-21-12(2)16-14(18)8-9-15(20)17(16)19/h3-9,11-12,21H,10H2,1-2H3. The summed E-state index contributed by atoms with van der Waals surface area (Å²) in [5.41, 5.74) is 1.87. The zero-order chi connectivity index (χ0) is 15.4. The van der Waals surface area contributed by atoms with Gasteiger partial charge < -0.3 is 5.32 Å². The van der Waals surface area contributed by atoms with Gasteiger partial charge in [-0.25, -0.2) is 4.39 Å². The van der Waals surface area contributed by atoms with E-state index in [1.54, 1.807) is 0 Å². The van der Waals surface area contributed by atoms with Crippen LogP contribution in [0.2, 0.25) is 10.0 Å². The zero-order valence-electron chi connectivity index (χ0n) is 12.0. The fourth-order valence-electron chi connectivity index (χ4n) is 2.29. The molecule has 0 bridgehead atoms. The molecule has 0 saturated heterocycles. The van der Waals surface area contributed by atoms with Crippen LogP contribution in [0, 0.1) is 5.82 Å². The first kappa shape index (κ1) is 16.3. The minimum atomic E-state index is -0.444. The highest BCUT2D eigenvalue weighted by Gasteiger charge is 2.17. The topological polar surface area (TPSA) is 12.0 Å². The molecule has 0 spiro atoms. The molecule has 4 heteroatoms. The number of halogens is 3. The molecule has 0 amide bonds. The Labute approximate surface area is 135 Å². The van der Waals surface area contributed by atoms with Crippen LogP contribution in [0.25, 0.3) is 0 Å². The SMILES string of the molecule is CC(CNC(C)c1c(Cl)ccc(F)c1Cl)c1ccccc1. The second-order valence-corrected chi connectivity index (χ2v) is 5.98. The molecule has 0 aliphatic carbocycles. The van der Waals surface area contributed by atoms with Crippen molar-refractivity contribution in [3.05, 3.63) is 69.5 Å². The minimum absolute atomic E-state index is 0.0925. The Hall–Kier alpha value is -1.09. The predicted molar refractivity (Wildman–Crippen MR) is 87.7 cm³/mol. The fourth-order valence-corrected chi connectivity index (χ4v) is 2.99. The van der Waals surface area contributed by atoms with Crippen LogP contribution in [-0.2, 0) is 0 Å². The van der Waals surface area contributed by atoms with Gasteiger partial charge in [0.15, 0.2) is 0 Å². The Balaban J connectivity index is 2.06. The summed E-state index contributed by atoms with van der Waals surface area (Å²) in [4.78, 5) is 0. The van der Waals surface area contributed by atoms with E-state index in [1.807, 2.05) is 25.1 Å². The van der Waals surface area contributed by atoms with Gasteiger partial charge in [-0.3, -0.25) is 0 Å². The van der Waals surface area contributed by atoms with E-state index in [2.05, 4.69) is 24.4 Å². The third-order valence-corrected chi connectivity index (χ3v) is 4.33. The van der Waals surface area contributed by atoms with Crippen LogP contribution >= 0.6 is 23.2 Å². The van der Waals surface area contributed by atoms with Crippen molar-refractivity contribution >= 4 is 23.2 Å². The van der Waals surface area contributed by atoms with Crippen LogP contribution in [0.15, 0.2) is 42.5 Å². The molecule has 2 unspecified atom stereocenters. The smallest absolute Gasteiger partial charge is 0.142 e. The van der Waals surface area contributed by atoms with Gasteiger partial charge in [0.25, 0.3) is 0 Å². The number of rotatable bonds is 5. The lowest BCUT2D eigenvalue weighted by Gasteiger charge is -2.20. The van der Waals surface area contributed by atoms with Crippen LogP contribution in [0.1, 0.15) is 36.9 Å². The van der Waals surface area contributed by atoms with Crippen molar-refractivity contribution in [1.82, 2.24) is 5.32 Å². The molecule has 0 aromatic heterocycles. The Kier molecular flexibility index (Phi) is 5.63. The maximum absolute atomic E-state index is 13.6. The van der Waals surface area contributed by atoms with Gasteiger partial charge in [0.05, 0.1) is 5.02 Å². The predicted octanol–water partition coefficient (Wildman–Crippen LogP) is 5.59. The van der Waals surface area contributed by atoms with Gasteiger partial charge in [0.1, 0.15) is 5.82 Å². The van der Waals surface area contributed by atoms with Crippen LogP contribution in [0.4, 0.5) is 4.39 Å². The van der Waals surface area contributed by atoms with Crippen molar-refractivity contribution in [1.29, 1.82) is 0 Å². The Bertz CT molecular complexity index is 601. The van der Waals surface area contributed by atoms with Gasteiger partial charge in [0, 0.05) is 23.2 Å². The molecule has 2 atom stereocenters. The molecule has 0 heterocycles. The first-order valence-electron chi connectivity index (χ1n) is 6.92. The molecular weight excluding hydrogens is 308 g/mol. The lowest BCUT2D eigenvalue weighted by Crippen LogP contribution is -2.24. The molecule has 2 aromatic rings. The Morgan fingerprint density at radius 2 is 1.71 bits per heavy atom. The third-order valence-electron chi connectivity index (χ3n) is 3.61. The molecule has 1 N–H and O–H groups in total. The highest BCUT2D eigenvalue weighted by atomic mass is 35.5. The normalized spacial score (nSPS) is 14.0. The fraction of sp³-hybridized carbons (Fsp3) is 0.294. The van der Waals surface area contributed by atoms with Crippen molar-refractivity contribution in [2.24, 2.45) is 0 Å². The van der Waals surface area contributed by atoms with E-state index in [0.717, 1.165) is 6.54 Å². The maximum Gasteiger partial charge on any atom is 0.142 e. The van der Waals surface area contributed by atoms with Crippen LogP contribution < -0.4 is 5.32 Å². The van der Waals surface area contributed by atoms with E-state index in [4.69, 9.17) is 23.2 Å². The quantitative estimate of drug-likeness (QED) is 0.707. The van der Waals surface area contributed by atoms with E-state index >= 15 is 0 Å². The van der Waals surface area contributed by atoms with E-state index in [0.29, 0.717) is 16.5 Å². The highest BCUT2D eigenvalue weighted by molar-refractivity contribution is 6.36. The Morgan fingerprint density at radius 3 is 2.38 bits per heavy atom. The van der Waals surface area contributed by atoms with E-state index in [1.165, 1.54) is 17.7 Å². The molecule has 0 saturated carbocycles. The van der Waals surface area contributed by atoms with E-state index < -0.39 is 5.82 Å². The Morgan fingerprint density at radius 1 is 1.05 bits per heavy atom. The molecule has 112 valence electrons. The highest BCUT2D eigenvalue weighted by Crippen LogP contribution is 2.32. The largest absolute Gasteiger partial charge is 0.309 e. The molecule has 0 aliphatic heterocycles. The van der Waals surface area contributed by atoms with Crippen LogP contribution in [-0.4, -0.2) is 6.54 Å². The van der Waals surface area contributed by atoms with E-state index in [-0.39, 0.29) is 11.1 Å². The molecule has 0 aliphatic rings. The van der Waals surface area contributed by atoms with E-state index in [9.17, 15) is 4.39 Å². The van der Waals surface area contributed by atoms with Crippen molar-refractivity contribution in [2.75, 3.05) is 6.54 Å². The maximum atomic E-state index is 13.6. The average Bonchev–Trinajstić information content (AvgIpc) is 2.50. The molecule has 0 radical (unpaired) electrons. The molecular formula is C17H18Cl2FN. The number of nitrogens with one attached hydrogen (secondary N) is 1. The lowest BCUT2D eigenvalue weighted by molar-refractivity contribution is 0.533. The van der Waals surface area contributed by atoms with Gasteiger partial charge in [-0.15, -0.1) is 0 Å². The average molecular weight is 326 g/mol. The van der Waals surface area contributed by atoms with Gasteiger partial charge in [0.2, 0.25) is 0 Å². The number of hydrogen-bond acceptors (Lipinski definition) is 1. The summed E-state index contributed by atoms with van der Waals surface area (Å²) in [6.45, 7) is 4.84. The molecule has 1 nitrogen and oxygen atoms in total. The lowest BCUT2D eigenvalue weighted by atomic mass is 10.0. The summed E-state index contributed by atoms with van der Waals surface area (Å²) in [6.07, 6.45) is 0. The van der Waals surface area contributed by atoms with Crippen molar-refractivity contribution in [2.45, 2.75) is 25.8 Å². The molecule has 2 rings (SSSR count). The number of hydrogen-bond donors (Lipinski definition) is 1. The number of benzene rings is 2. The summed E-state index contributed by atoms with van der Waals surface area (Å²) < 4.78 is 13.6. The minimum Gasteiger partial charge on any atom is -0.309 e. The van der Waals surface area contributed by atoms with Crippen molar-refractivity contribution < 1.29 is 4.39 Å². The first-order chi connectivity index (χ1) is 10.0. The summed E-state index contributed by atoms with van der Waals surface area (Å²) >= 11 is 12.2. The van der Waals surface area contributed by atoms with Crippen molar-refractivity contribution in [3.63, 3.8) is 0 Å². The second-order valence-electron chi connectivity index (χ2n) is 5.20. The van der Waals surface area contributed by atoms with Gasteiger partial charge in [-0.05, 0) is 30.5 Å². The molecule has 0 fully saturated rings. The van der Waals surface area contributed by atoms with Gasteiger partial charge in [-0.1, -0.05) is 60.5 Å². The summed E-state index contributed by atoms with van der Waals surface area (Å²) in [6, 6.07) is 12.9. The summed E-state index contributed by atoms with van der Waals surface area (Å²) in [7, 11) is 0. The molecule has 21 heavy (non-hydrogen) atoms. The first-order valence-corrected chi connectivity index (χ1v) is 7.68. The van der Waals surface area contributed by atoms with Gasteiger partial charge in [-0.2, -0.15) is 0 Å². The third kappa shape index (κ3) is 3.97. The zero-order valence-corrected chi connectivity index (χ0v) is 13.5. The summed E-state index contributed by atoms with van der Waals surface area (Å²) in [5.74, 6) is -0.0967.